The largest absolute Gasteiger partial charge is 0.466 e. The number of carbonyl (C=O) groups excluding carboxylic acids is 2. The molecule has 0 aliphatic carbocycles. The van der Waals surface area contributed by atoms with Gasteiger partial charge in [0.15, 0.2) is 0 Å². The zero-order chi connectivity index (χ0) is 12.6. The number of esters is 1. The number of nitrogens with zero attached hydrogens (tertiary/aromatic N) is 1. The molecular formula is C9H14N4O3. The number of nitrogens with one attached hydrogen (secondary N) is 1. The summed E-state index contributed by atoms with van der Waals surface area (Å²) in [6.07, 6.45) is -0.465. The Labute approximate surface area is 93.0 Å². The molecule has 0 rings (SSSR count). The molecule has 0 aromatic carbocycles. The third-order valence-corrected chi connectivity index (χ3v) is 1.66. The van der Waals surface area contributed by atoms with Crippen LogP contribution in [0, 0.1) is 11.3 Å². The Balaban J connectivity index is 4.57. The van der Waals surface area contributed by atoms with Crippen LogP contribution in [-0.2, 0) is 14.3 Å². The molecule has 0 heterocycles. The van der Waals surface area contributed by atoms with Crippen molar-refractivity contribution < 1.29 is 14.3 Å². The lowest BCUT2D eigenvalue weighted by Crippen LogP contribution is -2.31. The van der Waals surface area contributed by atoms with Crippen LogP contribution >= 0.6 is 0 Å². The van der Waals surface area contributed by atoms with E-state index >= 15 is 0 Å². The van der Waals surface area contributed by atoms with Crippen LogP contribution in [0.3, 0.4) is 0 Å². The highest BCUT2D eigenvalue weighted by Crippen LogP contribution is 2.08. The lowest BCUT2D eigenvalue weighted by Gasteiger charge is -2.04. The average Bonchev–Trinajstić information content (AvgIpc) is 2.25. The number of ether oxygens (including phenoxy) is 1. The van der Waals surface area contributed by atoms with Crippen LogP contribution in [0.2, 0.25) is 0 Å². The molecule has 0 atom stereocenters. The molecule has 1 amide bonds. The predicted octanol–water partition coefficient (Wildman–Crippen LogP) is -0.944. The zero-order valence-electron chi connectivity index (χ0n) is 8.95. The van der Waals surface area contributed by atoms with Crippen molar-refractivity contribution in [2.45, 2.75) is 19.8 Å². The summed E-state index contributed by atoms with van der Waals surface area (Å²) in [5.74, 6) is 3.77. The van der Waals surface area contributed by atoms with Gasteiger partial charge in [0.25, 0.3) is 0 Å². The number of hydrogen-bond acceptors (Lipinski definition) is 6. The number of nitrogens with two attached hydrogens (primary N) is 2. The Bertz CT molecular complexity index is 343. The van der Waals surface area contributed by atoms with Gasteiger partial charge in [-0.25, -0.2) is 5.84 Å². The molecule has 7 heteroatoms. The van der Waals surface area contributed by atoms with Gasteiger partial charge in [0.05, 0.1) is 31.1 Å². The van der Waals surface area contributed by atoms with Gasteiger partial charge in [0, 0.05) is 5.70 Å². The molecule has 0 unspecified atom stereocenters. The van der Waals surface area contributed by atoms with Crippen LogP contribution < -0.4 is 17.0 Å². The molecule has 0 saturated carbocycles. The molecule has 0 radical (unpaired) electrons. The molecule has 16 heavy (non-hydrogen) atoms. The maximum absolute atomic E-state index is 11.1. The molecule has 7 nitrogen and oxygen atoms in total. The van der Waals surface area contributed by atoms with E-state index in [9.17, 15) is 9.59 Å². The first-order valence-electron chi connectivity index (χ1n) is 4.57. The fourth-order valence-electron chi connectivity index (χ4n) is 0.912. The Morgan fingerprint density at radius 2 is 2.06 bits per heavy atom. The standard InChI is InChI=1S/C9H14N4O3/c1-2-16-9(15)3-6(5-10)7(11)4-8(14)13-12/h2-4,11-12H2,1H3,(H,13,14)/b7-6+. The quantitative estimate of drug-likeness (QED) is 0.182. The lowest BCUT2D eigenvalue weighted by atomic mass is 10.1. The summed E-state index contributed by atoms with van der Waals surface area (Å²) < 4.78 is 4.65. The third-order valence-electron chi connectivity index (χ3n) is 1.66. The highest BCUT2D eigenvalue weighted by atomic mass is 16.5. The molecule has 0 saturated heterocycles. The summed E-state index contributed by atoms with van der Waals surface area (Å²) in [5, 5.41) is 8.74. The minimum absolute atomic E-state index is 0.0125. The topological polar surface area (TPSA) is 131 Å². The van der Waals surface area contributed by atoms with E-state index in [1.807, 2.05) is 5.43 Å². The van der Waals surface area contributed by atoms with Crippen molar-refractivity contribution >= 4 is 11.9 Å². The van der Waals surface area contributed by atoms with Gasteiger partial charge in [-0.15, -0.1) is 0 Å². The molecule has 0 bridgehead atoms. The van der Waals surface area contributed by atoms with Crippen LogP contribution in [0.15, 0.2) is 11.3 Å². The summed E-state index contributed by atoms with van der Waals surface area (Å²) in [4.78, 5) is 22.0. The second-order valence-corrected chi connectivity index (χ2v) is 2.84. The smallest absolute Gasteiger partial charge is 0.311 e. The fraction of sp³-hybridized carbons (Fsp3) is 0.444. The van der Waals surface area contributed by atoms with Gasteiger partial charge in [-0.3, -0.25) is 15.0 Å². The van der Waals surface area contributed by atoms with Gasteiger partial charge in [-0.1, -0.05) is 0 Å². The third kappa shape index (κ3) is 4.97. The summed E-state index contributed by atoms with van der Waals surface area (Å²) >= 11 is 0. The SMILES string of the molecule is CCOC(=O)C/C(C#N)=C(\N)CC(=O)NN. The van der Waals surface area contributed by atoms with E-state index in [0.29, 0.717) is 0 Å². The van der Waals surface area contributed by atoms with Crippen LogP contribution in [-0.4, -0.2) is 18.5 Å². The van der Waals surface area contributed by atoms with Gasteiger partial charge in [0.2, 0.25) is 5.91 Å². The van der Waals surface area contributed by atoms with Crippen molar-refractivity contribution in [3.63, 3.8) is 0 Å². The molecule has 0 fully saturated rings. The monoisotopic (exact) mass is 226 g/mol. The second kappa shape index (κ2) is 7.25. The highest BCUT2D eigenvalue weighted by molar-refractivity contribution is 5.79. The first kappa shape index (κ1) is 13.9. The van der Waals surface area contributed by atoms with Crippen LogP contribution in [0.25, 0.3) is 0 Å². The van der Waals surface area contributed by atoms with E-state index in [2.05, 4.69) is 4.74 Å². The summed E-state index contributed by atoms with van der Waals surface area (Å²) in [6.45, 7) is 1.87. The van der Waals surface area contributed by atoms with Crippen LogP contribution in [0.4, 0.5) is 0 Å². The molecule has 5 N–H and O–H groups in total. The van der Waals surface area contributed by atoms with Gasteiger partial charge >= 0.3 is 5.97 Å². The van der Waals surface area contributed by atoms with Crippen LogP contribution in [0.5, 0.6) is 0 Å². The van der Waals surface area contributed by atoms with Crippen molar-refractivity contribution in [1.82, 2.24) is 5.43 Å². The van der Waals surface area contributed by atoms with Gasteiger partial charge in [0.1, 0.15) is 0 Å². The number of nitriles is 1. The lowest BCUT2D eigenvalue weighted by molar-refractivity contribution is -0.142. The van der Waals surface area contributed by atoms with Gasteiger partial charge < -0.3 is 10.5 Å². The van der Waals surface area contributed by atoms with Crippen molar-refractivity contribution in [3.8, 4) is 6.07 Å². The molecule has 88 valence electrons. The van der Waals surface area contributed by atoms with E-state index < -0.39 is 11.9 Å². The minimum atomic E-state index is -0.560. The van der Waals surface area contributed by atoms with Crippen LogP contribution in [0.1, 0.15) is 19.8 Å². The van der Waals surface area contributed by atoms with Crippen molar-refractivity contribution in [2.24, 2.45) is 11.6 Å². The number of rotatable bonds is 5. The minimum Gasteiger partial charge on any atom is -0.466 e. The molecular weight excluding hydrogens is 212 g/mol. The van der Waals surface area contributed by atoms with E-state index in [-0.39, 0.29) is 30.7 Å². The van der Waals surface area contributed by atoms with E-state index in [4.69, 9.17) is 16.8 Å². The normalized spacial score (nSPS) is 11.1. The Kier molecular flexibility index (Phi) is 6.31. The molecule has 0 aromatic rings. The van der Waals surface area contributed by atoms with Gasteiger partial charge in [-0.2, -0.15) is 5.26 Å². The summed E-state index contributed by atoms with van der Waals surface area (Å²) in [7, 11) is 0. The summed E-state index contributed by atoms with van der Waals surface area (Å²) in [5.41, 5.74) is 7.39. The van der Waals surface area contributed by atoms with E-state index in [0.717, 1.165) is 0 Å². The number of hydrazine groups is 1. The van der Waals surface area contributed by atoms with Gasteiger partial charge in [-0.05, 0) is 6.92 Å². The number of hydrogen-bond donors (Lipinski definition) is 3. The Morgan fingerprint density at radius 3 is 2.50 bits per heavy atom. The predicted molar refractivity (Wildman–Crippen MR) is 55.0 cm³/mol. The average molecular weight is 226 g/mol. The number of carbonyl (C=O) groups is 2. The Hall–Kier alpha value is -2.07. The highest BCUT2D eigenvalue weighted by Gasteiger charge is 2.12. The fourth-order valence-corrected chi connectivity index (χ4v) is 0.912. The van der Waals surface area contributed by atoms with Crippen molar-refractivity contribution in [1.29, 1.82) is 5.26 Å². The van der Waals surface area contributed by atoms with Crippen molar-refractivity contribution in [2.75, 3.05) is 6.61 Å². The second-order valence-electron chi connectivity index (χ2n) is 2.84. The maximum Gasteiger partial charge on any atom is 0.311 e. The molecule has 0 aliphatic heterocycles. The zero-order valence-corrected chi connectivity index (χ0v) is 8.95. The Morgan fingerprint density at radius 1 is 1.44 bits per heavy atom. The van der Waals surface area contributed by atoms with Crippen molar-refractivity contribution in [3.05, 3.63) is 11.3 Å². The summed E-state index contributed by atoms with van der Waals surface area (Å²) in [6, 6.07) is 1.75. The molecule has 0 aliphatic rings. The number of amides is 1. The molecule has 0 spiro atoms. The van der Waals surface area contributed by atoms with E-state index in [1.165, 1.54) is 0 Å². The first-order chi connectivity index (χ1) is 7.54. The molecule has 0 aromatic heterocycles. The maximum atomic E-state index is 11.1. The van der Waals surface area contributed by atoms with E-state index in [1.54, 1.807) is 13.0 Å². The first-order valence-corrected chi connectivity index (χ1v) is 4.57.